The van der Waals surface area contributed by atoms with Crippen molar-refractivity contribution < 1.29 is 29.1 Å². The van der Waals surface area contributed by atoms with Crippen LogP contribution >= 0.6 is 0 Å². The lowest BCUT2D eigenvalue weighted by Gasteiger charge is -2.28. The van der Waals surface area contributed by atoms with Crippen LogP contribution in [0.15, 0.2) is 84.9 Å². The maximum absolute atomic E-state index is 14.0. The third-order valence-corrected chi connectivity index (χ3v) is 9.58. The summed E-state index contributed by atoms with van der Waals surface area (Å²) in [6.45, 7) is 2.11. The highest BCUT2D eigenvalue weighted by atomic mass is 16.7. The van der Waals surface area contributed by atoms with Gasteiger partial charge in [0, 0.05) is 18.4 Å². The summed E-state index contributed by atoms with van der Waals surface area (Å²) < 4.78 is 6.00. The normalized spacial score (nSPS) is 22.6. The van der Waals surface area contributed by atoms with Crippen molar-refractivity contribution in [2.24, 2.45) is 0 Å². The molecule has 1 spiro atoms. The van der Waals surface area contributed by atoms with E-state index in [2.05, 4.69) is 40.4 Å². The average molecular weight is 637 g/mol. The summed E-state index contributed by atoms with van der Waals surface area (Å²) in [5, 5.41) is 16.6. The quantitative estimate of drug-likeness (QED) is 0.262. The maximum atomic E-state index is 14.0. The molecule has 47 heavy (non-hydrogen) atoms. The van der Waals surface area contributed by atoms with Gasteiger partial charge >= 0.3 is 6.09 Å². The largest absolute Gasteiger partial charge is 0.448 e. The van der Waals surface area contributed by atoms with E-state index in [0.29, 0.717) is 12.8 Å². The van der Waals surface area contributed by atoms with E-state index in [9.17, 15) is 19.5 Å². The maximum Gasteiger partial charge on any atom is 0.410 e. The molecule has 3 amide bonds. The molecular formula is C37H40N4O6. The van der Waals surface area contributed by atoms with Crippen molar-refractivity contribution in [3.8, 4) is 11.1 Å². The van der Waals surface area contributed by atoms with Gasteiger partial charge < -0.3 is 20.5 Å². The molecule has 3 aromatic rings. The molecule has 2 heterocycles. The standard InChI is InChI=1S/C37H40N4O6/c1-2-10-30(33(42)35(44)38-24-17-18-24)39-34(43)32-20-37(19-31(40-47-37)23-11-4-3-5-12-23)22-41(32)36(45)46-21-29-27-15-8-6-13-25(27)26-14-7-9-16-28(26)29/h3-9,11-16,19,24,29-30,32-33,40,42H,2,10,17-18,20-22H2,1H3,(H,38,44)(H,39,43)/t30-,32?,33?,37?/m0/s1. The van der Waals surface area contributed by atoms with Gasteiger partial charge in [0.2, 0.25) is 5.91 Å². The number of aliphatic hydroxyl groups excluding tert-OH is 1. The molecule has 3 unspecified atom stereocenters. The van der Waals surface area contributed by atoms with E-state index in [1.54, 1.807) is 0 Å². The second-order valence-electron chi connectivity index (χ2n) is 13.0. The lowest BCUT2D eigenvalue weighted by molar-refractivity contribution is -0.133. The number of carbonyl (C=O) groups excluding carboxylic acids is 3. The van der Waals surface area contributed by atoms with E-state index in [-0.39, 0.29) is 31.5 Å². The molecule has 1 saturated heterocycles. The van der Waals surface area contributed by atoms with E-state index in [1.165, 1.54) is 4.90 Å². The number of nitrogens with one attached hydrogen (secondary N) is 3. The SMILES string of the molecule is CCC[C@H](NC(=O)C1CC2(C=C(c3ccccc3)NO2)CN1C(=O)OCC1c2ccccc2-c2ccccc21)C(O)C(=O)NC1CC1. The minimum Gasteiger partial charge on any atom is -0.448 e. The van der Waals surface area contributed by atoms with E-state index in [4.69, 9.17) is 9.57 Å². The van der Waals surface area contributed by atoms with Crippen molar-refractivity contribution in [1.29, 1.82) is 0 Å². The van der Waals surface area contributed by atoms with Crippen molar-refractivity contribution in [1.82, 2.24) is 21.0 Å². The number of hydroxylamine groups is 1. The molecule has 0 bridgehead atoms. The summed E-state index contributed by atoms with van der Waals surface area (Å²) in [6, 6.07) is 24.2. The van der Waals surface area contributed by atoms with Crippen molar-refractivity contribution in [2.45, 2.75) is 74.8 Å². The van der Waals surface area contributed by atoms with Crippen LogP contribution in [-0.4, -0.2) is 70.9 Å². The zero-order valence-corrected chi connectivity index (χ0v) is 26.4. The highest BCUT2D eigenvalue weighted by Gasteiger charge is 2.52. The number of benzene rings is 3. The monoisotopic (exact) mass is 636 g/mol. The molecule has 4 N–H and O–H groups in total. The number of ether oxygens (including phenoxy) is 1. The fourth-order valence-corrected chi connectivity index (χ4v) is 7.02. The van der Waals surface area contributed by atoms with Crippen LogP contribution in [0.3, 0.4) is 0 Å². The molecular weight excluding hydrogens is 596 g/mol. The predicted octanol–water partition coefficient (Wildman–Crippen LogP) is 4.25. The number of likely N-dealkylation sites (tertiary alicyclic amines) is 1. The van der Waals surface area contributed by atoms with E-state index in [0.717, 1.165) is 46.4 Å². The summed E-state index contributed by atoms with van der Waals surface area (Å²) in [4.78, 5) is 48.1. The van der Waals surface area contributed by atoms with Gasteiger partial charge in [-0.3, -0.25) is 24.8 Å². The first-order valence-corrected chi connectivity index (χ1v) is 16.5. The first-order chi connectivity index (χ1) is 22.9. The summed E-state index contributed by atoms with van der Waals surface area (Å²) in [6.07, 6.45) is 2.84. The Kier molecular flexibility index (Phi) is 8.46. The van der Waals surface area contributed by atoms with Crippen LogP contribution in [-0.2, 0) is 19.2 Å². The molecule has 2 aliphatic carbocycles. The molecule has 4 atom stereocenters. The van der Waals surface area contributed by atoms with Crippen molar-refractivity contribution in [3.05, 3.63) is 102 Å². The summed E-state index contributed by atoms with van der Waals surface area (Å²) >= 11 is 0. The third kappa shape index (κ3) is 6.23. The van der Waals surface area contributed by atoms with Crippen molar-refractivity contribution >= 4 is 23.6 Å². The third-order valence-electron chi connectivity index (χ3n) is 9.58. The topological polar surface area (TPSA) is 129 Å². The van der Waals surface area contributed by atoms with Crippen LogP contribution < -0.4 is 16.1 Å². The number of fused-ring (bicyclic) bond motifs is 3. The van der Waals surface area contributed by atoms with Gasteiger partial charge in [-0.2, -0.15) is 0 Å². The van der Waals surface area contributed by atoms with Gasteiger partial charge in [0.25, 0.3) is 5.91 Å². The Morgan fingerprint density at radius 1 is 1.00 bits per heavy atom. The molecule has 7 rings (SSSR count). The van der Waals surface area contributed by atoms with Gasteiger partial charge in [0.05, 0.1) is 18.3 Å². The molecule has 2 fully saturated rings. The molecule has 10 heteroatoms. The summed E-state index contributed by atoms with van der Waals surface area (Å²) in [5.41, 5.74) is 8.10. The average Bonchev–Trinajstić information content (AvgIpc) is 3.55. The van der Waals surface area contributed by atoms with Crippen LogP contribution in [0, 0.1) is 0 Å². The zero-order chi connectivity index (χ0) is 32.5. The second kappa shape index (κ2) is 12.8. The van der Waals surface area contributed by atoms with E-state index >= 15 is 0 Å². The van der Waals surface area contributed by atoms with Crippen molar-refractivity contribution in [2.75, 3.05) is 13.2 Å². The summed E-state index contributed by atoms with van der Waals surface area (Å²) in [7, 11) is 0. The first-order valence-electron chi connectivity index (χ1n) is 16.5. The lowest BCUT2D eigenvalue weighted by atomic mass is 9.97. The smallest absolute Gasteiger partial charge is 0.410 e. The number of nitrogens with zero attached hydrogens (tertiary/aromatic N) is 1. The first kappa shape index (κ1) is 31.0. The highest BCUT2D eigenvalue weighted by molar-refractivity contribution is 5.89. The predicted molar refractivity (Wildman–Crippen MR) is 176 cm³/mol. The van der Waals surface area contributed by atoms with E-state index in [1.807, 2.05) is 67.6 Å². The Morgan fingerprint density at radius 3 is 2.32 bits per heavy atom. The Balaban J connectivity index is 1.12. The Labute approximate surface area is 274 Å². The van der Waals surface area contributed by atoms with Gasteiger partial charge in [-0.1, -0.05) is 92.2 Å². The molecule has 0 radical (unpaired) electrons. The number of amides is 3. The highest BCUT2D eigenvalue weighted by Crippen LogP contribution is 2.45. The van der Waals surface area contributed by atoms with Gasteiger partial charge in [-0.25, -0.2) is 4.79 Å². The number of rotatable bonds is 10. The Bertz CT molecular complexity index is 1650. The molecule has 2 aliphatic heterocycles. The second-order valence-corrected chi connectivity index (χ2v) is 13.0. The number of hydrogen-bond acceptors (Lipinski definition) is 7. The van der Waals surface area contributed by atoms with Crippen molar-refractivity contribution in [3.63, 3.8) is 0 Å². The molecule has 244 valence electrons. The fourth-order valence-electron chi connectivity index (χ4n) is 7.02. The molecule has 3 aromatic carbocycles. The zero-order valence-electron chi connectivity index (χ0n) is 26.4. The summed E-state index contributed by atoms with van der Waals surface area (Å²) in [5.74, 6) is -1.11. The van der Waals surface area contributed by atoms with Crippen LogP contribution in [0.1, 0.15) is 61.6 Å². The molecule has 1 saturated carbocycles. The van der Waals surface area contributed by atoms with Gasteiger partial charge in [-0.15, -0.1) is 0 Å². The number of hydrogen-bond donors (Lipinski definition) is 4. The molecule has 0 aromatic heterocycles. The lowest BCUT2D eigenvalue weighted by Crippen LogP contribution is -2.55. The minimum absolute atomic E-state index is 0.0755. The molecule has 10 nitrogen and oxygen atoms in total. The molecule has 4 aliphatic rings. The van der Waals surface area contributed by atoms with Gasteiger partial charge in [0.15, 0.2) is 6.10 Å². The Morgan fingerprint density at radius 2 is 1.66 bits per heavy atom. The van der Waals surface area contributed by atoms with Crippen LogP contribution in [0.4, 0.5) is 4.79 Å². The van der Waals surface area contributed by atoms with Gasteiger partial charge in [0.1, 0.15) is 18.2 Å². The van der Waals surface area contributed by atoms with Crippen LogP contribution in [0.2, 0.25) is 0 Å². The number of aliphatic hydroxyl groups is 1. The fraction of sp³-hybridized carbons (Fsp3) is 0.378. The number of carbonyl (C=O) groups is 3. The van der Waals surface area contributed by atoms with Crippen LogP contribution in [0.5, 0.6) is 0 Å². The van der Waals surface area contributed by atoms with E-state index < -0.39 is 41.7 Å². The van der Waals surface area contributed by atoms with Gasteiger partial charge in [-0.05, 0) is 53.2 Å². The minimum atomic E-state index is -1.41. The van der Waals surface area contributed by atoms with Crippen LogP contribution in [0.25, 0.3) is 16.8 Å². The Hall–Kier alpha value is -4.67.